The molecule has 1 atom stereocenters. The Bertz CT molecular complexity index is 593. The SMILES string of the molecule is CC(=O)C(C(=O)Oc1cccc(O)c1F)C(=O)OC1CC1. The zero-order valence-electron chi connectivity index (χ0n) is 11.2. The lowest BCUT2D eigenvalue weighted by atomic mass is 10.1. The second-order valence-electron chi connectivity index (χ2n) is 4.69. The molecule has 0 heterocycles. The largest absolute Gasteiger partial charge is 0.505 e. The molecule has 1 aliphatic rings. The van der Waals surface area contributed by atoms with Crippen molar-refractivity contribution in [3.05, 3.63) is 24.0 Å². The lowest BCUT2D eigenvalue weighted by molar-refractivity contribution is -0.160. The number of ether oxygens (including phenoxy) is 2. The summed E-state index contributed by atoms with van der Waals surface area (Å²) in [6, 6.07) is 3.42. The minimum atomic E-state index is -1.76. The van der Waals surface area contributed by atoms with E-state index >= 15 is 0 Å². The quantitative estimate of drug-likeness (QED) is 0.501. The molecule has 0 spiro atoms. The van der Waals surface area contributed by atoms with Crippen molar-refractivity contribution in [1.82, 2.24) is 0 Å². The maximum Gasteiger partial charge on any atom is 0.333 e. The van der Waals surface area contributed by atoms with E-state index in [1.807, 2.05) is 0 Å². The first-order valence-electron chi connectivity index (χ1n) is 6.30. The third-order valence-electron chi connectivity index (χ3n) is 2.84. The van der Waals surface area contributed by atoms with Crippen LogP contribution >= 0.6 is 0 Å². The molecule has 1 fully saturated rings. The average Bonchev–Trinajstić information content (AvgIpc) is 3.18. The minimum Gasteiger partial charge on any atom is -0.505 e. The number of halogens is 1. The monoisotopic (exact) mass is 296 g/mol. The number of phenolic OH excluding ortho intramolecular Hbond substituents is 1. The number of rotatable bonds is 5. The van der Waals surface area contributed by atoms with Crippen molar-refractivity contribution in [3.8, 4) is 11.5 Å². The van der Waals surface area contributed by atoms with Gasteiger partial charge in [-0.25, -0.2) is 0 Å². The maximum absolute atomic E-state index is 13.5. The molecule has 21 heavy (non-hydrogen) atoms. The highest BCUT2D eigenvalue weighted by molar-refractivity contribution is 6.14. The first kappa shape index (κ1) is 15.0. The van der Waals surface area contributed by atoms with Crippen LogP contribution < -0.4 is 4.74 Å². The lowest BCUT2D eigenvalue weighted by Gasteiger charge is -2.13. The molecular formula is C14H13FO6. The smallest absolute Gasteiger partial charge is 0.333 e. The summed E-state index contributed by atoms with van der Waals surface area (Å²) in [7, 11) is 0. The van der Waals surface area contributed by atoms with Crippen molar-refractivity contribution in [2.45, 2.75) is 25.9 Å². The molecule has 1 aromatic rings. The van der Waals surface area contributed by atoms with Gasteiger partial charge in [-0.05, 0) is 31.9 Å². The summed E-state index contributed by atoms with van der Waals surface area (Å²) >= 11 is 0. The number of benzene rings is 1. The van der Waals surface area contributed by atoms with Gasteiger partial charge in [-0.15, -0.1) is 0 Å². The summed E-state index contributed by atoms with van der Waals surface area (Å²) in [5, 5.41) is 9.17. The summed E-state index contributed by atoms with van der Waals surface area (Å²) in [4.78, 5) is 35.0. The Morgan fingerprint density at radius 2 is 1.95 bits per heavy atom. The van der Waals surface area contributed by atoms with Crippen molar-refractivity contribution in [3.63, 3.8) is 0 Å². The van der Waals surface area contributed by atoms with E-state index in [4.69, 9.17) is 4.74 Å². The second kappa shape index (κ2) is 5.90. The van der Waals surface area contributed by atoms with Crippen LogP contribution in [0.3, 0.4) is 0 Å². The van der Waals surface area contributed by atoms with Gasteiger partial charge in [0.2, 0.25) is 11.7 Å². The molecule has 2 rings (SSSR count). The molecule has 1 N–H and O–H groups in total. The number of ketones is 1. The lowest BCUT2D eigenvalue weighted by Crippen LogP contribution is -2.35. The molecule has 1 unspecified atom stereocenters. The van der Waals surface area contributed by atoms with Gasteiger partial charge in [0.25, 0.3) is 0 Å². The molecule has 0 aromatic heterocycles. The Labute approximate surface area is 119 Å². The highest BCUT2D eigenvalue weighted by Gasteiger charge is 2.38. The number of Topliss-reactive ketones (excluding diaryl/α,β-unsaturated/α-hetero) is 1. The van der Waals surface area contributed by atoms with Crippen LogP contribution in [0, 0.1) is 11.7 Å². The minimum absolute atomic E-state index is 0.273. The topological polar surface area (TPSA) is 89.9 Å². The molecule has 0 aliphatic heterocycles. The molecule has 1 aromatic carbocycles. The van der Waals surface area contributed by atoms with Gasteiger partial charge in [0.1, 0.15) is 6.10 Å². The Morgan fingerprint density at radius 3 is 2.52 bits per heavy atom. The fourth-order valence-corrected chi connectivity index (χ4v) is 1.59. The van der Waals surface area contributed by atoms with E-state index in [1.54, 1.807) is 0 Å². The van der Waals surface area contributed by atoms with Gasteiger partial charge in [0, 0.05) is 0 Å². The highest BCUT2D eigenvalue weighted by Crippen LogP contribution is 2.27. The van der Waals surface area contributed by atoms with Crippen LogP contribution in [0.4, 0.5) is 4.39 Å². The first-order chi connectivity index (χ1) is 9.90. The predicted octanol–water partition coefficient (Wildman–Crippen LogP) is 1.35. The van der Waals surface area contributed by atoms with Gasteiger partial charge >= 0.3 is 11.9 Å². The number of carbonyl (C=O) groups is 3. The van der Waals surface area contributed by atoms with Crippen molar-refractivity contribution in [1.29, 1.82) is 0 Å². The standard InChI is InChI=1S/C14H13FO6/c1-7(16)11(13(18)20-8-5-6-8)14(19)21-10-4-2-3-9(17)12(10)15/h2-4,8,11,17H,5-6H2,1H3. The summed E-state index contributed by atoms with van der Waals surface area (Å²) in [6.07, 6.45) is 1.10. The van der Waals surface area contributed by atoms with Crippen LogP contribution in [0.25, 0.3) is 0 Å². The third-order valence-corrected chi connectivity index (χ3v) is 2.84. The molecule has 0 radical (unpaired) electrons. The van der Waals surface area contributed by atoms with E-state index in [-0.39, 0.29) is 6.10 Å². The van der Waals surface area contributed by atoms with Gasteiger partial charge in [-0.1, -0.05) is 6.07 Å². The second-order valence-corrected chi connectivity index (χ2v) is 4.69. The van der Waals surface area contributed by atoms with E-state index in [0.29, 0.717) is 12.8 Å². The van der Waals surface area contributed by atoms with E-state index in [1.165, 1.54) is 6.07 Å². The molecule has 0 amide bonds. The molecular weight excluding hydrogens is 283 g/mol. The van der Waals surface area contributed by atoms with E-state index < -0.39 is 41.0 Å². The molecule has 1 saturated carbocycles. The number of carbonyl (C=O) groups excluding carboxylic acids is 3. The van der Waals surface area contributed by atoms with Crippen molar-refractivity contribution < 1.29 is 33.4 Å². The molecule has 0 saturated heterocycles. The van der Waals surface area contributed by atoms with Crippen LogP contribution in [0.5, 0.6) is 11.5 Å². The van der Waals surface area contributed by atoms with Gasteiger partial charge in [0.05, 0.1) is 0 Å². The number of hydrogen-bond donors (Lipinski definition) is 1. The number of hydrogen-bond acceptors (Lipinski definition) is 6. The van der Waals surface area contributed by atoms with Gasteiger partial charge in [0.15, 0.2) is 17.3 Å². The van der Waals surface area contributed by atoms with Crippen LogP contribution in [0.15, 0.2) is 18.2 Å². The average molecular weight is 296 g/mol. The fourth-order valence-electron chi connectivity index (χ4n) is 1.59. The molecule has 6 nitrogen and oxygen atoms in total. The number of aromatic hydroxyl groups is 1. The summed E-state index contributed by atoms with van der Waals surface area (Å²) in [6.45, 7) is 1.04. The molecule has 1 aliphatic carbocycles. The first-order valence-corrected chi connectivity index (χ1v) is 6.30. The number of phenols is 1. The Hall–Kier alpha value is -2.44. The van der Waals surface area contributed by atoms with Gasteiger partial charge in [-0.2, -0.15) is 4.39 Å². The Morgan fingerprint density at radius 1 is 1.29 bits per heavy atom. The van der Waals surface area contributed by atoms with Gasteiger partial charge < -0.3 is 14.6 Å². The van der Waals surface area contributed by atoms with Gasteiger partial charge in [-0.3, -0.25) is 14.4 Å². The fraction of sp³-hybridized carbons (Fsp3) is 0.357. The van der Waals surface area contributed by atoms with E-state index in [0.717, 1.165) is 19.1 Å². The van der Waals surface area contributed by atoms with Crippen LogP contribution in [-0.2, 0) is 19.1 Å². The third kappa shape index (κ3) is 3.56. The van der Waals surface area contributed by atoms with Crippen LogP contribution in [-0.4, -0.2) is 28.9 Å². The summed E-state index contributed by atoms with van der Waals surface area (Å²) < 4.78 is 23.1. The zero-order chi connectivity index (χ0) is 15.6. The molecule has 0 bridgehead atoms. The zero-order valence-corrected chi connectivity index (χ0v) is 11.2. The Balaban J connectivity index is 2.12. The van der Waals surface area contributed by atoms with Crippen LogP contribution in [0.1, 0.15) is 19.8 Å². The maximum atomic E-state index is 13.5. The normalized spacial score (nSPS) is 15.1. The van der Waals surface area contributed by atoms with Crippen molar-refractivity contribution >= 4 is 17.7 Å². The summed E-state index contributed by atoms with van der Waals surface area (Å²) in [5.74, 6) is -7.18. The van der Waals surface area contributed by atoms with Crippen molar-refractivity contribution in [2.75, 3.05) is 0 Å². The van der Waals surface area contributed by atoms with Crippen molar-refractivity contribution in [2.24, 2.45) is 5.92 Å². The predicted molar refractivity (Wildman–Crippen MR) is 67.0 cm³/mol. The molecule has 7 heteroatoms. The van der Waals surface area contributed by atoms with Crippen LogP contribution in [0.2, 0.25) is 0 Å². The highest BCUT2D eigenvalue weighted by atomic mass is 19.1. The Kier molecular flexibility index (Phi) is 4.21. The molecule has 112 valence electrons. The number of esters is 2. The summed E-state index contributed by atoms with van der Waals surface area (Å²) in [5.41, 5.74) is 0. The van der Waals surface area contributed by atoms with E-state index in [9.17, 15) is 23.9 Å². The van der Waals surface area contributed by atoms with E-state index in [2.05, 4.69) is 4.74 Å².